The minimum Gasteiger partial charge on any atom is -0.319 e. The van der Waals surface area contributed by atoms with E-state index in [1.807, 2.05) is 0 Å². The molecule has 14 heavy (non-hydrogen) atoms. The van der Waals surface area contributed by atoms with Crippen LogP contribution in [0.5, 0.6) is 0 Å². The third-order valence-electron chi connectivity index (χ3n) is 0.498. The number of carbonyl (C=O) groups is 1. The first kappa shape index (κ1) is 30.8. The van der Waals surface area contributed by atoms with E-state index in [4.69, 9.17) is 19.6 Å². The number of hydrogen-bond acceptors (Lipinski definition) is 3. The second kappa shape index (κ2) is 12.0. The third kappa shape index (κ3) is 14.0. The van der Waals surface area contributed by atoms with Crippen molar-refractivity contribution in [2.24, 2.45) is 0 Å². The summed E-state index contributed by atoms with van der Waals surface area (Å²) in [5, 5.41) is -2.35. The molecule has 0 unspecified atom stereocenters. The van der Waals surface area contributed by atoms with Gasteiger partial charge in [-0.25, -0.2) is 0 Å². The van der Waals surface area contributed by atoms with Gasteiger partial charge in [0.1, 0.15) is 0 Å². The summed E-state index contributed by atoms with van der Waals surface area (Å²) >= 11 is 0. The molecule has 0 aliphatic rings. The Hall–Kier alpha value is 3.97. The van der Waals surface area contributed by atoms with Gasteiger partial charge in [-0.1, -0.05) is 0 Å². The van der Waals surface area contributed by atoms with E-state index in [1.54, 1.807) is 0 Å². The summed E-state index contributed by atoms with van der Waals surface area (Å²) in [6.07, 6.45) is 0. The molecule has 0 spiro atoms. The first-order chi connectivity index (χ1) is 4.15. The van der Waals surface area contributed by atoms with Crippen LogP contribution < -0.4 is 0 Å². The molecule has 4 N–H and O–H groups in total. The van der Waals surface area contributed by atoms with Gasteiger partial charge in [-0.2, -0.15) is 0 Å². The van der Waals surface area contributed by atoms with Gasteiger partial charge in [-0.05, 0) is 0 Å². The van der Waals surface area contributed by atoms with Crippen LogP contribution in [-0.4, -0.2) is 143 Å². The van der Waals surface area contributed by atoms with Crippen LogP contribution in [-0.2, 0) is 9.13 Å². The molecule has 0 bridgehead atoms. The van der Waals surface area contributed by atoms with Gasteiger partial charge in [0.25, 0.3) is 0 Å². The van der Waals surface area contributed by atoms with E-state index >= 15 is 0 Å². The van der Waals surface area contributed by atoms with Crippen LogP contribution in [0.2, 0.25) is 0 Å². The Labute approximate surface area is 169 Å². The van der Waals surface area contributed by atoms with Gasteiger partial charge >= 0.3 is 20.5 Å². The van der Waals surface area contributed by atoms with Crippen molar-refractivity contribution in [2.45, 2.75) is 0 Å². The van der Waals surface area contributed by atoms with Crippen LogP contribution in [0.25, 0.3) is 0 Å². The molecule has 7 nitrogen and oxygen atoms in total. The molecule has 0 saturated carbocycles. The van der Waals surface area contributed by atoms with Crippen molar-refractivity contribution in [3.63, 3.8) is 0 Å². The number of hydrogen-bond donors (Lipinski definition) is 4. The van der Waals surface area contributed by atoms with Crippen molar-refractivity contribution in [3.05, 3.63) is 0 Å². The molecule has 0 aromatic carbocycles. The minimum absolute atomic E-state index is 0. The van der Waals surface area contributed by atoms with E-state index in [-0.39, 0.29) is 118 Å². The summed E-state index contributed by atoms with van der Waals surface area (Å²) in [6.45, 7) is 0. The van der Waals surface area contributed by atoms with Gasteiger partial charge in [0.05, 0.1) is 0 Å². The van der Waals surface area contributed by atoms with E-state index in [0.717, 1.165) is 0 Å². The van der Waals surface area contributed by atoms with E-state index in [2.05, 4.69) is 0 Å². The normalized spacial score (nSPS) is 9.43. The molecule has 0 saturated heterocycles. The van der Waals surface area contributed by atoms with Crippen LogP contribution in [0.15, 0.2) is 0 Å². The van der Waals surface area contributed by atoms with Gasteiger partial charge < -0.3 is 19.6 Å². The largest absolute Gasteiger partial charge is 0.404 e. The van der Waals surface area contributed by atoms with E-state index in [1.165, 1.54) is 0 Å². The first-order valence-electron chi connectivity index (χ1n) is 1.82. The molecule has 0 aromatic heterocycles. The van der Waals surface area contributed by atoms with Crippen molar-refractivity contribution in [1.82, 2.24) is 0 Å². The SMILES string of the molecule is O=C(P(=O)(O)O)P(=O)(O)O.[Na].[Na].[Na].[Na]. The van der Waals surface area contributed by atoms with Crippen LogP contribution in [0.1, 0.15) is 0 Å². The van der Waals surface area contributed by atoms with Crippen LogP contribution in [0.4, 0.5) is 4.79 Å². The van der Waals surface area contributed by atoms with Gasteiger partial charge in [0, 0.05) is 118 Å². The van der Waals surface area contributed by atoms with E-state index < -0.39 is 20.5 Å². The van der Waals surface area contributed by atoms with Gasteiger partial charge in [0.2, 0.25) is 0 Å². The summed E-state index contributed by atoms with van der Waals surface area (Å²) in [4.78, 5) is 41.5. The van der Waals surface area contributed by atoms with Crippen molar-refractivity contribution < 1.29 is 33.5 Å². The van der Waals surface area contributed by atoms with Crippen LogP contribution in [0, 0.1) is 0 Å². The smallest absolute Gasteiger partial charge is 0.319 e. The van der Waals surface area contributed by atoms with Crippen molar-refractivity contribution >= 4 is 139 Å². The standard InChI is InChI=1S/CH4O7P2.4Na/c2-1(9(3,4)5)10(6,7)8;;;;/h(H2,3,4,5)(H2,6,7,8);;;;. The fraction of sp³-hybridized carbons (Fsp3) is 0. The molecule has 0 rings (SSSR count). The molecule has 0 atom stereocenters. The van der Waals surface area contributed by atoms with E-state index in [0.29, 0.717) is 0 Å². The fourth-order valence-electron chi connectivity index (χ4n) is 0.170. The zero-order chi connectivity index (χ0) is 8.58. The quantitative estimate of drug-likeness (QED) is 0.338. The summed E-state index contributed by atoms with van der Waals surface area (Å²) in [6, 6.07) is 0. The average molecular weight is 282 g/mol. The summed E-state index contributed by atoms with van der Waals surface area (Å²) in [7, 11) is -10.6. The number of carbonyl (C=O) groups excluding carboxylic acids is 1. The molecular formula is CH4Na4O7P2. The fourth-order valence-corrected chi connectivity index (χ4v) is 1.53. The third-order valence-corrected chi connectivity index (χ3v) is 3.06. The molecule has 0 amide bonds. The molecule has 4 radical (unpaired) electrons. The second-order valence-corrected chi connectivity index (χ2v) is 4.71. The van der Waals surface area contributed by atoms with Crippen LogP contribution >= 0.6 is 15.2 Å². The Morgan fingerprint density at radius 2 is 0.857 bits per heavy atom. The average Bonchev–Trinajstić information content (AvgIpc) is 1.59. The zero-order valence-electron chi connectivity index (χ0n) is 8.41. The van der Waals surface area contributed by atoms with Crippen molar-refractivity contribution in [2.75, 3.05) is 0 Å². The van der Waals surface area contributed by atoms with Gasteiger partial charge in [-0.3, -0.25) is 13.9 Å². The second-order valence-electron chi connectivity index (χ2n) is 1.37. The predicted molar refractivity (Wildman–Crippen MR) is 52.5 cm³/mol. The Kier molecular flexibility index (Phi) is 26.4. The zero-order valence-corrected chi connectivity index (χ0v) is 18.2. The summed E-state index contributed by atoms with van der Waals surface area (Å²) in [5.74, 6) is 0. The summed E-state index contributed by atoms with van der Waals surface area (Å²) in [5.41, 5.74) is 0. The van der Waals surface area contributed by atoms with E-state index in [9.17, 15) is 13.9 Å². The molecule has 0 aliphatic heterocycles. The maximum Gasteiger partial charge on any atom is 0.404 e. The molecule has 0 fully saturated rings. The van der Waals surface area contributed by atoms with Crippen LogP contribution in [0.3, 0.4) is 0 Å². The van der Waals surface area contributed by atoms with Crippen molar-refractivity contribution in [1.29, 1.82) is 0 Å². The monoisotopic (exact) mass is 282 g/mol. The molecule has 0 aromatic rings. The van der Waals surface area contributed by atoms with Gasteiger partial charge in [0.15, 0.2) is 0 Å². The molecule has 64 valence electrons. The number of rotatable bonds is 2. The Morgan fingerprint density at radius 3 is 0.857 bits per heavy atom. The maximum absolute atomic E-state index is 9.96. The molecule has 0 aliphatic carbocycles. The Morgan fingerprint density at radius 1 is 0.714 bits per heavy atom. The first-order valence-corrected chi connectivity index (χ1v) is 5.04. The Bertz CT molecular complexity index is 216. The molecular weight excluding hydrogens is 278 g/mol. The predicted octanol–water partition coefficient (Wildman–Crippen LogP) is -2.06. The van der Waals surface area contributed by atoms with Crippen molar-refractivity contribution in [3.8, 4) is 0 Å². The summed E-state index contributed by atoms with van der Waals surface area (Å²) < 4.78 is 19.7. The van der Waals surface area contributed by atoms with Gasteiger partial charge in [-0.15, -0.1) is 0 Å². The molecule has 13 heteroatoms. The molecule has 0 heterocycles. The minimum atomic E-state index is -5.28. The maximum atomic E-state index is 9.96. The Balaban J connectivity index is -0.0000000675. The topological polar surface area (TPSA) is 132 Å².